The molecule has 306 valence electrons. The summed E-state index contributed by atoms with van der Waals surface area (Å²) in [6.45, 7) is 9.46. The van der Waals surface area contributed by atoms with E-state index in [1.807, 2.05) is 36.4 Å². The Hall–Kier alpha value is -5.35. The third-order valence-corrected chi connectivity index (χ3v) is 14.3. The first-order chi connectivity index (χ1) is 28.7. The number of carbonyl (C=O) groups excluding carboxylic acids is 3. The van der Waals surface area contributed by atoms with E-state index < -0.39 is 6.04 Å². The van der Waals surface area contributed by atoms with Gasteiger partial charge in [-0.05, 0) is 122 Å². The van der Waals surface area contributed by atoms with Crippen LogP contribution in [0.25, 0.3) is 0 Å². The van der Waals surface area contributed by atoms with Crippen LogP contribution in [0.1, 0.15) is 82.6 Å². The summed E-state index contributed by atoms with van der Waals surface area (Å²) in [5.74, 6) is 2.99. The van der Waals surface area contributed by atoms with E-state index in [0.717, 1.165) is 86.9 Å². The zero-order chi connectivity index (χ0) is 40.2. The largest absolute Gasteiger partial charge is 0.508 e. The third kappa shape index (κ3) is 7.45. The summed E-state index contributed by atoms with van der Waals surface area (Å²) < 4.78 is 6.30. The number of piperazine rings is 1. The number of carbonyl (C=O) groups is 3. The Morgan fingerprint density at radius 1 is 0.814 bits per heavy atom. The molecule has 0 bridgehead atoms. The number of anilines is 2. The maximum absolute atomic E-state index is 13.3. The lowest BCUT2D eigenvalue weighted by atomic mass is 9.79. The summed E-state index contributed by atoms with van der Waals surface area (Å²) in [5.41, 5.74) is 9.32. The number of aromatic hydroxyl groups is 1. The SMILES string of the molecule is Cc1ccccc1.O=C1CCC(N2Cc3cc4c(cc3C2=O)OC[C@@H]2CN(CC3CC5CN(c6ccc([C@H]7CCCc8cc(O)ccc87)cc6)CC5C3)CCN42)C(=O)N1. The molecule has 5 aliphatic heterocycles. The smallest absolute Gasteiger partial charge is 0.255 e. The second kappa shape index (κ2) is 15.7. The Labute approximate surface area is 347 Å². The molecular formula is C49H55N5O5. The molecule has 3 amide bonds. The van der Waals surface area contributed by atoms with Crippen LogP contribution in [0.4, 0.5) is 11.4 Å². The van der Waals surface area contributed by atoms with Gasteiger partial charge in [0.15, 0.2) is 0 Å². The average molecular weight is 794 g/mol. The number of phenolic OH excluding ortho intramolecular Hbond substituents is 1. The van der Waals surface area contributed by atoms with Crippen LogP contribution in [-0.4, -0.2) is 90.6 Å². The first kappa shape index (κ1) is 37.9. The highest BCUT2D eigenvalue weighted by molar-refractivity contribution is 6.06. The van der Waals surface area contributed by atoms with Crippen LogP contribution in [0.15, 0.2) is 84.9 Å². The molecule has 4 fully saturated rings. The maximum atomic E-state index is 13.3. The zero-order valence-corrected chi connectivity index (χ0v) is 34.0. The molecular weight excluding hydrogens is 739 g/mol. The van der Waals surface area contributed by atoms with Gasteiger partial charge in [0.2, 0.25) is 11.8 Å². The number of nitrogens with one attached hydrogen (secondary N) is 1. The van der Waals surface area contributed by atoms with Crippen molar-refractivity contribution >= 4 is 29.1 Å². The van der Waals surface area contributed by atoms with E-state index in [4.69, 9.17) is 4.74 Å². The van der Waals surface area contributed by atoms with Crippen LogP contribution >= 0.6 is 0 Å². The minimum absolute atomic E-state index is 0.158. The number of aryl methyl sites for hydroxylation is 2. The van der Waals surface area contributed by atoms with Crippen molar-refractivity contribution in [2.24, 2.45) is 17.8 Å². The molecule has 4 aromatic carbocycles. The van der Waals surface area contributed by atoms with E-state index >= 15 is 0 Å². The molecule has 59 heavy (non-hydrogen) atoms. The van der Waals surface area contributed by atoms with Crippen LogP contribution in [0.5, 0.6) is 11.5 Å². The Morgan fingerprint density at radius 2 is 1.61 bits per heavy atom. The normalized spacial score (nSPS) is 27.1. The van der Waals surface area contributed by atoms with E-state index in [9.17, 15) is 19.5 Å². The van der Waals surface area contributed by atoms with Crippen LogP contribution in [0, 0.1) is 24.7 Å². The Balaban J connectivity index is 0.000000547. The summed E-state index contributed by atoms with van der Waals surface area (Å²) in [5, 5.41) is 12.4. The third-order valence-electron chi connectivity index (χ3n) is 14.3. The first-order valence-corrected chi connectivity index (χ1v) is 21.9. The van der Waals surface area contributed by atoms with Crippen molar-refractivity contribution in [1.29, 1.82) is 0 Å². The molecule has 5 heterocycles. The van der Waals surface area contributed by atoms with Gasteiger partial charge in [-0.25, -0.2) is 0 Å². The second-order valence-corrected chi connectivity index (χ2v) is 18.1. The van der Waals surface area contributed by atoms with Gasteiger partial charge in [-0.3, -0.25) is 24.6 Å². The van der Waals surface area contributed by atoms with Crippen molar-refractivity contribution in [3.8, 4) is 11.5 Å². The zero-order valence-electron chi connectivity index (χ0n) is 34.0. The van der Waals surface area contributed by atoms with Crippen LogP contribution in [0.2, 0.25) is 0 Å². The number of hydrogen-bond donors (Lipinski definition) is 2. The molecule has 2 aliphatic carbocycles. The van der Waals surface area contributed by atoms with E-state index in [1.54, 1.807) is 4.90 Å². The van der Waals surface area contributed by atoms with Gasteiger partial charge in [0.1, 0.15) is 24.1 Å². The van der Waals surface area contributed by atoms with E-state index in [-0.39, 0.29) is 30.2 Å². The van der Waals surface area contributed by atoms with Gasteiger partial charge < -0.3 is 24.5 Å². The fraction of sp³-hybridized carbons (Fsp3) is 0.449. The second-order valence-electron chi connectivity index (χ2n) is 18.1. The molecule has 0 spiro atoms. The van der Waals surface area contributed by atoms with Gasteiger partial charge in [-0.1, -0.05) is 54.1 Å². The number of ether oxygens (including phenoxy) is 1. The molecule has 0 radical (unpaired) electrons. The van der Waals surface area contributed by atoms with Gasteiger partial charge >= 0.3 is 0 Å². The number of fused-ring (bicyclic) bond motifs is 6. The molecule has 4 aromatic rings. The van der Waals surface area contributed by atoms with Crippen molar-refractivity contribution in [3.63, 3.8) is 0 Å². The number of rotatable bonds is 5. The van der Waals surface area contributed by atoms with Crippen molar-refractivity contribution in [1.82, 2.24) is 15.1 Å². The van der Waals surface area contributed by atoms with E-state index in [1.165, 1.54) is 47.2 Å². The molecule has 7 aliphatic rings. The molecule has 1 saturated carbocycles. The predicted octanol–water partition coefficient (Wildman–Crippen LogP) is 6.66. The molecule has 10 nitrogen and oxygen atoms in total. The van der Waals surface area contributed by atoms with Crippen LogP contribution in [0.3, 0.4) is 0 Å². The minimum Gasteiger partial charge on any atom is -0.508 e. The van der Waals surface area contributed by atoms with Crippen LogP contribution < -0.4 is 19.9 Å². The number of phenols is 1. The highest BCUT2D eigenvalue weighted by atomic mass is 16.5. The first-order valence-electron chi connectivity index (χ1n) is 21.9. The average Bonchev–Trinajstić information content (AvgIpc) is 3.91. The number of piperidine rings is 1. The van der Waals surface area contributed by atoms with Gasteiger partial charge in [0.25, 0.3) is 5.91 Å². The molecule has 5 atom stereocenters. The lowest BCUT2D eigenvalue weighted by Crippen LogP contribution is -2.57. The summed E-state index contributed by atoms with van der Waals surface area (Å²) in [4.78, 5) is 46.9. The Bertz CT molecular complexity index is 2230. The fourth-order valence-electron chi connectivity index (χ4n) is 11.4. The van der Waals surface area contributed by atoms with Crippen LogP contribution in [-0.2, 0) is 22.6 Å². The Morgan fingerprint density at radius 3 is 2.36 bits per heavy atom. The molecule has 2 N–H and O–H groups in total. The number of hydrogen-bond acceptors (Lipinski definition) is 8. The quantitative estimate of drug-likeness (QED) is 0.216. The number of benzene rings is 4. The Kier molecular flexibility index (Phi) is 10.1. The minimum atomic E-state index is -0.611. The van der Waals surface area contributed by atoms with Gasteiger partial charge in [-0.2, -0.15) is 0 Å². The maximum Gasteiger partial charge on any atom is 0.255 e. The summed E-state index contributed by atoms with van der Waals surface area (Å²) in [6.07, 6.45) is 6.61. The molecule has 3 saturated heterocycles. The number of imide groups is 1. The number of amides is 3. The lowest BCUT2D eigenvalue weighted by Gasteiger charge is -2.46. The van der Waals surface area contributed by atoms with Crippen molar-refractivity contribution < 1.29 is 24.2 Å². The van der Waals surface area contributed by atoms with Crippen molar-refractivity contribution in [3.05, 3.63) is 118 Å². The van der Waals surface area contributed by atoms with E-state index in [0.29, 0.717) is 36.8 Å². The number of nitrogens with zero attached hydrogens (tertiary/aromatic N) is 4. The van der Waals surface area contributed by atoms with Gasteiger partial charge in [-0.15, -0.1) is 0 Å². The molecule has 0 aromatic heterocycles. The van der Waals surface area contributed by atoms with Crippen molar-refractivity contribution in [2.75, 3.05) is 55.7 Å². The summed E-state index contributed by atoms with van der Waals surface area (Å²) >= 11 is 0. The standard InChI is InChI=1S/C42H47N5O5.C7H8/c48-33-8-9-35-27(16-33)2-1-3-34(35)26-4-6-31(7-5-26)45-20-28-14-25(15-29(28)21-45)19-44-12-13-46-32(23-44)24-52-39-18-36-30(17-38(39)46)22-47(42(36)51)37-10-11-40(49)43-41(37)50;1-7-5-3-2-4-6-7/h4-9,16-18,25,28-29,32,34,37,48H,1-3,10-15,19-24H2,(H,43,49,50);2-6H,1H3/t25?,28?,29?,32-,34+,37?;/m0./s1. The summed E-state index contributed by atoms with van der Waals surface area (Å²) in [6, 6.07) is 29.2. The highest BCUT2D eigenvalue weighted by Crippen LogP contribution is 2.45. The molecule has 11 rings (SSSR count). The van der Waals surface area contributed by atoms with Crippen molar-refractivity contribution in [2.45, 2.75) is 76.4 Å². The van der Waals surface area contributed by atoms with Gasteiger partial charge in [0, 0.05) is 69.4 Å². The lowest BCUT2D eigenvalue weighted by molar-refractivity contribution is -0.136. The highest BCUT2D eigenvalue weighted by Gasteiger charge is 2.44. The van der Waals surface area contributed by atoms with E-state index in [2.05, 4.69) is 75.5 Å². The monoisotopic (exact) mass is 793 g/mol. The topological polar surface area (TPSA) is 106 Å². The molecule has 3 unspecified atom stereocenters. The molecule has 10 heteroatoms. The van der Waals surface area contributed by atoms with Gasteiger partial charge in [0.05, 0.1) is 11.7 Å². The predicted molar refractivity (Wildman–Crippen MR) is 228 cm³/mol. The summed E-state index contributed by atoms with van der Waals surface area (Å²) in [7, 11) is 0. The fourth-order valence-corrected chi connectivity index (χ4v) is 11.4.